The Hall–Kier alpha value is -0.610. The highest BCUT2D eigenvalue weighted by molar-refractivity contribution is 7.15. The molecule has 0 aliphatic heterocycles. The quantitative estimate of drug-likeness (QED) is 0.568. The molecule has 0 aliphatic rings. The van der Waals surface area contributed by atoms with Crippen molar-refractivity contribution >= 4 is 16.3 Å². The molecule has 4 heteroatoms. The lowest BCUT2D eigenvalue weighted by Crippen LogP contribution is -1.93. The molecule has 44 valence electrons. The molecule has 0 aromatic carbocycles. The number of rotatable bonds is 1. The van der Waals surface area contributed by atoms with Crippen LogP contribution >= 0.6 is 11.3 Å². The summed E-state index contributed by atoms with van der Waals surface area (Å²) in [7, 11) is 0. The minimum Gasteiger partial charge on any atom is -0.389 e. The van der Waals surface area contributed by atoms with Gasteiger partial charge in [0.15, 0.2) is 0 Å². The maximum Gasteiger partial charge on any atom is 0.108 e. The Morgan fingerprint density at radius 1 is 1.75 bits per heavy atom. The molecule has 0 aliphatic carbocycles. The Morgan fingerprint density at radius 2 is 2.50 bits per heavy atom. The van der Waals surface area contributed by atoms with Crippen molar-refractivity contribution in [3.05, 3.63) is 11.2 Å². The molecule has 0 amide bonds. The van der Waals surface area contributed by atoms with E-state index in [9.17, 15) is 0 Å². The van der Waals surface area contributed by atoms with E-state index in [1.165, 1.54) is 11.3 Å². The van der Waals surface area contributed by atoms with E-state index in [0.717, 1.165) is 10.0 Å². The van der Waals surface area contributed by atoms with Gasteiger partial charge >= 0.3 is 0 Å². The van der Waals surface area contributed by atoms with Crippen LogP contribution in [0.25, 0.3) is 0 Å². The van der Waals surface area contributed by atoms with E-state index < -0.39 is 0 Å². The van der Waals surface area contributed by atoms with E-state index in [1.54, 1.807) is 6.20 Å². The molecule has 1 aromatic heterocycles. The number of nitrogens with two attached hydrogens (primary N) is 2. The standard InChI is InChI=1S/C4H7N3S/c5-1-4-7-2-3(6)8-4/h2H,1,5-6H2. The number of hydrogen-bond donors (Lipinski definition) is 2. The van der Waals surface area contributed by atoms with Crippen LogP contribution in [-0.4, -0.2) is 4.98 Å². The van der Waals surface area contributed by atoms with E-state index in [2.05, 4.69) is 4.98 Å². The first-order valence-corrected chi connectivity index (χ1v) is 3.05. The van der Waals surface area contributed by atoms with Crippen molar-refractivity contribution in [2.75, 3.05) is 5.73 Å². The van der Waals surface area contributed by atoms with Crippen molar-refractivity contribution in [1.29, 1.82) is 0 Å². The van der Waals surface area contributed by atoms with Gasteiger partial charge in [0.1, 0.15) is 10.0 Å². The molecule has 8 heavy (non-hydrogen) atoms. The minimum absolute atomic E-state index is 0.488. The second kappa shape index (κ2) is 2.11. The highest BCUT2D eigenvalue weighted by atomic mass is 32.1. The highest BCUT2D eigenvalue weighted by Crippen LogP contribution is 2.12. The van der Waals surface area contributed by atoms with Gasteiger partial charge in [0.25, 0.3) is 0 Å². The van der Waals surface area contributed by atoms with Crippen LogP contribution in [0, 0.1) is 0 Å². The molecule has 0 radical (unpaired) electrons. The second-order valence-corrected chi connectivity index (χ2v) is 2.51. The van der Waals surface area contributed by atoms with Gasteiger partial charge in [-0.25, -0.2) is 4.98 Å². The van der Waals surface area contributed by atoms with E-state index in [1.807, 2.05) is 0 Å². The Labute approximate surface area is 51.3 Å². The molecule has 0 saturated heterocycles. The molecule has 0 saturated carbocycles. The van der Waals surface area contributed by atoms with Crippen LogP contribution in [-0.2, 0) is 6.54 Å². The maximum absolute atomic E-state index is 5.35. The Balaban J connectivity index is 2.84. The summed E-state index contributed by atoms with van der Waals surface area (Å²) in [6.45, 7) is 0.488. The Morgan fingerprint density at radius 3 is 2.75 bits per heavy atom. The predicted octanol–water partition coefficient (Wildman–Crippen LogP) is 0.184. The van der Waals surface area contributed by atoms with Crippen LogP contribution in [0.3, 0.4) is 0 Å². The minimum atomic E-state index is 0.488. The third kappa shape index (κ3) is 0.962. The van der Waals surface area contributed by atoms with E-state index in [4.69, 9.17) is 11.5 Å². The van der Waals surface area contributed by atoms with Gasteiger partial charge in [-0.15, -0.1) is 11.3 Å². The lowest BCUT2D eigenvalue weighted by atomic mass is 10.7. The van der Waals surface area contributed by atoms with Gasteiger partial charge in [-0.3, -0.25) is 0 Å². The van der Waals surface area contributed by atoms with E-state index in [0.29, 0.717) is 6.54 Å². The van der Waals surface area contributed by atoms with Gasteiger partial charge in [-0.05, 0) is 0 Å². The van der Waals surface area contributed by atoms with E-state index in [-0.39, 0.29) is 0 Å². The molecule has 0 fully saturated rings. The first-order chi connectivity index (χ1) is 3.83. The SMILES string of the molecule is NCc1ncc(N)s1. The van der Waals surface area contributed by atoms with Crippen LogP contribution < -0.4 is 11.5 Å². The average Bonchev–Trinajstić information content (AvgIpc) is 2.14. The summed E-state index contributed by atoms with van der Waals surface area (Å²) in [5.74, 6) is 0. The van der Waals surface area contributed by atoms with Crippen molar-refractivity contribution < 1.29 is 0 Å². The first-order valence-electron chi connectivity index (χ1n) is 2.23. The number of nitrogen functional groups attached to an aromatic ring is 1. The zero-order chi connectivity index (χ0) is 5.98. The van der Waals surface area contributed by atoms with Gasteiger partial charge in [0.2, 0.25) is 0 Å². The summed E-state index contributed by atoms with van der Waals surface area (Å²) in [5, 5.41) is 1.62. The van der Waals surface area contributed by atoms with E-state index >= 15 is 0 Å². The van der Waals surface area contributed by atoms with Crippen LogP contribution in [0.5, 0.6) is 0 Å². The number of thiazole rings is 1. The van der Waals surface area contributed by atoms with Gasteiger partial charge in [-0.2, -0.15) is 0 Å². The molecule has 0 atom stereocenters. The fourth-order valence-electron chi connectivity index (χ4n) is 0.419. The van der Waals surface area contributed by atoms with Crippen molar-refractivity contribution in [2.24, 2.45) is 5.73 Å². The van der Waals surface area contributed by atoms with Gasteiger partial charge in [-0.1, -0.05) is 0 Å². The fraction of sp³-hybridized carbons (Fsp3) is 0.250. The van der Waals surface area contributed by atoms with Gasteiger partial charge < -0.3 is 11.5 Å². The van der Waals surface area contributed by atoms with Crippen LogP contribution in [0.4, 0.5) is 5.00 Å². The smallest absolute Gasteiger partial charge is 0.108 e. The normalized spacial score (nSPS) is 9.62. The first kappa shape index (κ1) is 5.53. The lowest BCUT2D eigenvalue weighted by molar-refractivity contribution is 1.04. The predicted molar refractivity (Wildman–Crippen MR) is 34.4 cm³/mol. The molecule has 0 spiro atoms. The van der Waals surface area contributed by atoms with Crippen molar-refractivity contribution in [3.8, 4) is 0 Å². The van der Waals surface area contributed by atoms with Crippen LogP contribution in [0.2, 0.25) is 0 Å². The zero-order valence-electron chi connectivity index (χ0n) is 4.29. The molecule has 0 unspecified atom stereocenters. The fourth-order valence-corrected chi connectivity index (χ4v) is 0.985. The molecular formula is C4H7N3S. The van der Waals surface area contributed by atoms with Crippen molar-refractivity contribution in [3.63, 3.8) is 0 Å². The Kier molecular flexibility index (Phi) is 1.45. The largest absolute Gasteiger partial charge is 0.389 e. The van der Waals surface area contributed by atoms with Crippen LogP contribution in [0.15, 0.2) is 6.20 Å². The van der Waals surface area contributed by atoms with Crippen molar-refractivity contribution in [1.82, 2.24) is 4.98 Å². The third-order valence-electron chi connectivity index (χ3n) is 0.746. The third-order valence-corrected chi connectivity index (χ3v) is 1.59. The molecule has 1 aromatic rings. The molecule has 1 rings (SSSR count). The molecule has 4 N–H and O–H groups in total. The highest BCUT2D eigenvalue weighted by Gasteiger charge is 1.92. The lowest BCUT2D eigenvalue weighted by Gasteiger charge is -1.79. The second-order valence-electron chi connectivity index (χ2n) is 1.36. The van der Waals surface area contributed by atoms with Crippen molar-refractivity contribution in [2.45, 2.75) is 6.54 Å². The molecule has 1 heterocycles. The Bertz CT molecular complexity index is 172. The topological polar surface area (TPSA) is 64.9 Å². The summed E-state index contributed by atoms with van der Waals surface area (Å²) >= 11 is 1.43. The molecular weight excluding hydrogens is 122 g/mol. The van der Waals surface area contributed by atoms with Gasteiger partial charge in [0, 0.05) is 6.54 Å². The number of nitrogens with zero attached hydrogens (tertiary/aromatic N) is 1. The van der Waals surface area contributed by atoms with Gasteiger partial charge in [0.05, 0.1) is 6.20 Å². The summed E-state index contributed by atoms with van der Waals surface area (Å²) in [5.41, 5.74) is 10.6. The number of hydrogen-bond acceptors (Lipinski definition) is 4. The number of anilines is 1. The summed E-state index contributed by atoms with van der Waals surface area (Å²) in [6.07, 6.45) is 1.62. The number of aromatic nitrogens is 1. The monoisotopic (exact) mass is 129 g/mol. The molecule has 0 bridgehead atoms. The van der Waals surface area contributed by atoms with Crippen LogP contribution in [0.1, 0.15) is 5.01 Å². The average molecular weight is 129 g/mol. The molecule has 3 nitrogen and oxygen atoms in total. The maximum atomic E-state index is 5.35. The zero-order valence-corrected chi connectivity index (χ0v) is 5.11. The summed E-state index contributed by atoms with van der Waals surface area (Å²) in [6, 6.07) is 0. The summed E-state index contributed by atoms with van der Waals surface area (Å²) < 4.78 is 0. The summed E-state index contributed by atoms with van der Waals surface area (Å²) in [4.78, 5) is 3.90.